The van der Waals surface area contributed by atoms with Crippen LogP contribution in [-0.4, -0.2) is 23.5 Å². The van der Waals surface area contributed by atoms with Gasteiger partial charge in [-0.3, -0.25) is 14.5 Å². The fourth-order valence-corrected chi connectivity index (χ4v) is 4.91. The molecule has 2 aromatic heterocycles. The number of fused-ring (bicyclic) bond motifs is 1. The van der Waals surface area contributed by atoms with Crippen LogP contribution in [0.4, 0.5) is 5.00 Å². The number of rotatable bonds is 7. The number of anilines is 1. The summed E-state index contributed by atoms with van der Waals surface area (Å²) in [7, 11) is 0. The third kappa shape index (κ3) is 4.84. The second kappa shape index (κ2) is 9.22. The number of nitrogens with zero attached hydrogens (tertiary/aromatic N) is 2. The van der Waals surface area contributed by atoms with E-state index in [2.05, 4.69) is 4.98 Å². The summed E-state index contributed by atoms with van der Waals surface area (Å²) >= 11 is 15.3. The van der Waals surface area contributed by atoms with Gasteiger partial charge < -0.3 is 4.74 Å². The SMILES string of the molecule is CCOC(=O)CCC(=O)N(Cc1nc2c(Cl)c(Cl)ccc2s1)c1cc(C)cs1. The van der Waals surface area contributed by atoms with Gasteiger partial charge in [0.25, 0.3) is 0 Å². The van der Waals surface area contributed by atoms with Crippen molar-refractivity contribution in [2.75, 3.05) is 11.5 Å². The highest BCUT2D eigenvalue weighted by Crippen LogP contribution is 2.35. The molecule has 0 bridgehead atoms. The Labute approximate surface area is 180 Å². The molecule has 0 aliphatic carbocycles. The molecule has 0 saturated heterocycles. The molecule has 0 N–H and O–H groups in total. The first-order valence-electron chi connectivity index (χ1n) is 8.63. The van der Waals surface area contributed by atoms with E-state index in [9.17, 15) is 9.59 Å². The minimum Gasteiger partial charge on any atom is -0.466 e. The van der Waals surface area contributed by atoms with Crippen molar-refractivity contribution < 1.29 is 14.3 Å². The Balaban J connectivity index is 1.84. The number of thiophene rings is 1. The lowest BCUT2D eigenvalue weighted by atomic mass is 10.2. The summed E-state index contributed by atoms with van der Waals surface area (Å²) in [5, 5.41) is 4.40. The average molecular weight is 457 g/mol. The Morgan fingerprint density at radius 3 is 2.71 bits per heavy atom. The Kier molecular flexibility index (Phi) is 6.93. The van der Waals surface area contributed by atoms with Gasteiger partial charge >= 0.3 is 5.97 Å². The second-order valence-corrected chi connectivity index (χ2v) is 8.85. The van der Waals surface area contributed by atoms with E-state index < -0.39 is 0 Å². The molecule has 9 heteroatoms. The molecule has 0 spiro atoms. The number of hydrogen-bond acceptors (Lipinski definition) is 6. The van der Waals surface area contributed by atoms with Crippen molar-refractivity contribution in [3.05, 3.63) is 44.2 Å². The highest BCUT2D eigenvalue weighted by Gasteiger charge is 2.21. The van der Waals surface area contributed by atoms with Crippen molar-refractivity contribution in [3.8, 4) is 0 Å². The lowest BCUT2D eigenvalue weighted by Crippen LogP contribution is -2.30. The zero-order valence-corrected chi connectivity index (χ0v) is 18.5. The molecule has 1 aromatic carbocycles. The van der Waals surface area contributed by atoms with E-state index in [4.69, 9.17) is 27.9 Å². The van der Waals surface area contributed by atoms with Gasteiger partial charge in [-0.15, -0.1) is 22.7 Å². The van der Waals surface area contributed by atoms with Crippen molar-refractivity contribution in [1.82, 2.24) is 4.98 Å². The summed E-state index contributed by atoms with van der Waals surface area (Å²) in [6.07, 6.45) is 0.127. The average Bonchev–Trinajstić information content (AvgIpc) is 3.27. The van der Waals surface area contributed by atoms with Crippen LogP contribution in [0.15, 0.2) is 23.6 Å². The molecule has 2 heterocycles. The first-order valence-corrected chi connectivity index (χ1v) is 11.1. The first kappa shape index (κ1) is 21.0. The minimum atomic E-state index is -0.375. The zero-order chi connectivity index (χ0) is 20.3. The van der Waals surface area contributed by atoms with Crippen LogP contribution >= 0.6 is 45.9 Å². The molecule has 0 radical (unpaired) electrons. The molecule has 1 amide bonds. The van der Waals surface area contributed by atoms with E-state index in [1.807, 2.05) is 24.4 Å². The smallest absolute Gasteiger partial charge is 0.306 e. The van der Waals surface area contributed by atoms with Crippen LogP contribution in [0.2, 0.25) is 10.0 Å². The van der Waals surface area contributed by atoms with Gasteiger partial charge in [0.15, 0.2) is 0 Å². The van der Waals surface area contributed by atoms with Crippen LogP contribution < -0.4 is 4.90 Å². The van der Waals surface area contributed by atoms with E-state index in [1.165, 1.54) is 22.7 Å². The van der Waals surface area contributed by atoms with E-state index in [0.29, 0.717) is 28.7 Å². The Morgan fingerprint density at radius 2 is 2.04 bits per heavy atom. The molecule has 3 aromatic rings. The van der Waals surface area contributed by atoms with Gasteiger partial charge in [-0.2, -0.15) is 0 Å². The molecule has 0 aliphatic rings. The molecule has 0 fully saturated rings. The van der Waals surface area contributed by atoms with Crippen molar-refractivity contribution in [2.24, 2.45) is 0 Å². The number of carbonyl (C=O) groups excluding carboxylic acids is 2. The van der Waals surface area contributed by atoms with E-state index in [1.54, 1.807) is 17.9 Å². The second-order valence-electron chi connectivity index (χ2n) is 6.06. The largest absolute Gasteiger partial charge is 0.466 e. The Morgan fingerprint density at radius 1 is 1.25 bits per heavy atom. The van der Waals surface area contributed by atoms with Crippen LogP contribution in [0.5, 0.6) is 0 Å². The van der Waals surface area contributed by atoms with E-state index >= 15 is 0 Å². The number of halogens is 2. The summed E-state index contributed by atoms with van der Waals surface area (Å²) in [5.74, 6) is -0.530. The number of benzene rings is 1. The lowest BCUT2D eigenvalue weighted by molar-refractivity contribution is -0.144. The van der Waals surface area contributed by atoms with Gasteiger partial charge in [0.05, 0.1) is 39.3 Å². The quantitative estimate of drug-likeness (QED) is 0.418. The van der Waals surface area contributed by atoms with Crippen LogP contribution in [-0.2, 0) is 20.9 Å². The number of esters is 1. The fraction of sp³-hybridized carbons (Fsp3) is 0.316. The summed E-state index contributed by atoms with van der Waals surface area (Å²) < 4.78 is 5.83. The predicted octanol–water partition coefficient (Wildman–Crippen LogP) is 5.85. The summed E-state index contributed by atoms with van der Waals surface area (Å²) in [5.41, 5.74) is 1.71. The number of ether oxygens (including phenoxy) is 1. The summed E-state index contributed by atoms with van der Waals surface area (Å²) in [6.45, 7) is 4.32. The predicted molar refractivity (Wildman–Crippen MR) is 116 cm³/mol. The van der Waals surface area contributed by atoms with Crippen LogP contribution in [0.1, 0.15) is 30.3 Å². The maximum absolute atomic E-state index is 12.9. The number of hydrogen-bond donors (Lipinski definition) is 0. The molecule has 0 atom stereocenters. The molecule has 5 nitrogen and oxygen atoms in total. The number of aromatic nitrogens is 1. The summed E-state index contributed by atoms with van der Waals surface area (Å²) in [4.78, 5) is 30.7. The Bertz CT molecular complexity index is 1020. The summed E-state index contributed by atoms with van der Waals surface area (Å²) in [6, 6.07) is 5.55. The number of aryl methyl sites for hydroxylation is 1. The Hall–Kier alpha value is -1.67. The highest BCUT2D eigenvalue weighted by molar-refractivity contribution is 7.18. The maximum atomic E-state index is 12.9. The molecule has 3 rings (SSSR count). The lowest BCUT2D eigenvalue weighted by Gasteiger charge is -2.19. The van der Waals surface area contributed by atoms with Crippen molar-refractivity contribution in [1.29, 1.82) is 0 Å². The van der Waals surface area contributed by atoms with Crippen molar-refractivity contribution in [2.45, 2.75) is 33.2 Å². The van der Waals surface area contributed by atoms with Gasteiger partial charge in [-0.1, -0.05) is 23.2 Å². The fourth-order valence-electron chi connectivity index (χ4n) is 2.61. The topological polar surface area (TPSA) is 59.5 Å². The van der Waals surface area contributed by atoms with Crippen LogP contribution in [0, 0.1) is 6.92 Å². The van der Waals surface area contributed by atoms with Crippen molar-refractivity contribution >= 4 is 73.0 Å². The van der Waals surface area contributed by atoms with Gasteiger partial charge in [0.2, 0.25) is 5.91 Å². The molecule has 148 valence electrons. The molecular formula is C19H18Cl2N2O3S2. The standard InChI is InChI=1S/C19H18Cl2N2O3S2/c1-3-26-17(25)7-6-15(24)23(16-8-11(2)10-27-16)9-14-22-19-13(28-14)5-4-12(20)18(19)21/h4-5,8,10H,3,6-7,9H2,1-2H3. The molecule has 0 unspecified atom stereocenters. The normalized spacial score (nSPS) is 11.0. The third-order valence-corrected chi connectivity index (χ3v) is 6.79. The molecular weight excluding hydrogens is 439 g/mol. The molecule has 0 saturated carbocycles. The molecule has 28 heavy (non-hydrogen) atoms. The minimum absolute atomic E-state index is 0.0504. The van der Waals surface area contributed by atoms with Gasteiger partial charge in [0, 0.05) is 6.42 Å². The monoisotopic (exact) mass is 456 g/mol. The first-order chi connectivity index (χ1) is 13.4. The maximum Gasteiger partial charge on any atom is 0.306 e. The zero-order valence-electron chi connectivity index (χ0n) is 15.3. The van der Waals surface area contributed by atoms with Crippen LogP contribution in [0.25, 0.3) is 10.2 Å². The number of thiazole rings is 1. The number of amides is 1. The van der Waals surface area contributed by atoms with Crippen LogP contribution in [0.3, 0.4) is 0 Å². The van der Waals surface area contributed by atoms with E-state index in [0.717, 1.165) is 20.3 Å². The van der Waals surface area contributed by atoms with Gasteiger partial charge in [-0.25, -0.2) is 4.98 Å². The van der Waals surface area contributed by atoms with E-state index in [-0.39, 0.29) is 24.7 Å². The van der Waals surface area contributed by atoms with Gasteiger partial charge in [-0.05, 0) is 43.0 Å². The van der Waals surface area contributed by atoms with Gasteiger partial charge in [0.1, 0.15) is 10.5 Å². The number of carbonyl (C=O) groups is 2. The third-order valence-electron chi connectivity index (χ3n) is 3.92. The molecule has 0 aliphatic heterocycles. The highest BCUT2D eigenvalue weighted by atomic mass is 35.5. The van der Waals surface area contributed by atoms with Crippen molar-refractivity contribution in [3.63, 3.8) is 0 Å².